The lowest BCUT2D eigenvalue weighted by Crippen LogP contribution is -2.41. The van der Waals surface area contributed by atoms with Gasteiger partial charge in [-0.1, -0.05) is 13.8 Å². The van der Waals surface area contributed by atoms with Crippen LogP contribution in [0.3, 0.4) is 0 Å². The van der Waals surface area contributed by atoms with E-state index in [1.807, 2.05) is 13.8 Å². The molecule has 0 saturated heterocycles. The summed E-state index contributed by atoms with van der Waals surface area (Å²) < 4.78 is 41.6. The molecule has 1 aromatic rings. The molecule has 0 aliphatic rings. The fourth-order valence-corrected chi connectivity index (χ4v) is 1.99. The molecule has 0 atom stereocenters. The number of hydrogen-bond donors (Lipinski definition) is 2. The average molecular weight is 304 g/mol. The van der Waals surface area contributed by atoms with Crippen LogP contribution < -0.4 is 15.8 Å². The second-order valence-electron chi connectivity index (χ2n) is 4.67. The molecule has 7 heteroatoms. The van der Waals surface area contributed by atoms with E-state index in [1.54, 1.807) is 0 Å². The average Bonchev–Trinajstić information content (AvgIpc) is 2.44. The topological polar surface area (TPSA) is 64.4 Å². The van der Waals surface area contributed by atoms with Crippen molar-refractivity contribution >= 4 is 11.6 Å². The van der Waals surface area contributed by atoms with Gasteiger partial charge in [0.25, 0.3) is 0 Å². The van der Waals surface area contributed by atoms with Gasteiger partial charge in [0.1, 0.15) is 0 Å². The Kier molecular flexibility index (Phi) is 6.02. The summed E-state index contributed by atoms with van der Waals surface area (Å²) in [7, 11) is 0. The van der Waals surface area contributed by atoms with E-state index in [9.17, 15) is 18.0 Å². The summed E-state index contributed by atoms with van der Waals surface area (Å²) in [6.45, 7) is 0.748. The lowest BCUT2D eigenvalue weighted by Gasteiger charge is -2.28. The molecule has 118 valence electrons. The van der Waals surface area contributed by atoms with Gasteiger partial charge in [-0.05, 0) is 25.0 Å². The van der Waals surface area contributed by atoms with E-state index in [1.165, 1.54) is 6.07 Å². The zero-order chi connectivity index (χ0) is 16.0. The van der Waals surface area contributed by atoms with Crippen molar-refractivity contribution in [2.45, 2.75) is 33.3 Å². The van der Waals surface area contributed by atoms with Gasteiger partial charge in [-0.3, -0.25) is 4.79 Å². The first-order chi connectivity index (χ1) is 9.88. The Morgan fingerprint density at radius 1 is 1.38 bits per heavy atom. The van der Waals surface area contributed by atoms with Gasteiger partial charge in [0.15, 0.2) is 11.6 Å². The molecule has 0 fully saturated rings. The number of rotatable bonds is 7. The Labute approximate surface area is 121 Å². The number of carbonyl (C=O) groups is 1. The van der Waals surface area contributed by atoms with E-state index in [-0.39, 0.29) is 18.1 Å². The molecule has 0 heterocycles. The lowest BCUT2D eigenvalue weighted by molar-refractivity contribution is -0.125. The highest BCUT2D eigenvalue weighted by Gasteiger charge is 2.33. The summed E-state index contributed by atoms with van der Waals surface area (Å²) in [6.07, 6.45) is 1.09. The number of benzene rings is 1. The number of hydrogen-bond acceptors (Lipinski definition) is 3. The summed E-state index contributed by atoms with van der Waals surface area (Å²) >= 11 is 0. The van der Waals surface area contributed by atoms with Crippen LogP contribution in [0.25, 0.3) is 0 Å². The number of amides is 1. The van der Waals surface area contributed by atoms with Crippen LogP contribution in [0.15, 0.2) is 18.2 Å². The summed E-state index contributed by atoms with van der Waals surface area (Å²) in [5, 5.41) is 2.55. The Hall–Kier alpha value is -1.76. The fraction of sp³-hybridized carbons (Fsp3) is 0.500. The molecule has 1 amide bonds. The SMILES string of the molecule is CCC(CC)(CN)C(=O)Nc1ccc(OC(F)F)c(F)c1. The minimum Gasteiger partial charge on any atom is -0.432 e. The van der Waals surface area contributed by atoms with Gasteiger partial charge in [0, 0.05) is 18.3 Å². The summed E-state index contributed by atoms with van der Waals surface area (Å²) in [5.74, 6) is -1.87. The van der Waals surface area contributed by atoms with E-state index >= 15 is 0 Å². The van der Waals surface area contributed by atoms with E-state index in [4.69, 9.17) is 5.73 Å². The Morgan fingerprint density at radius 3 is 2.43 bits per heavy atom. The maximum absolute atomic E-state index is 13.6. The molecule has 0 aliphatic heterocycles. The molecule has 0 unspecified atom stereocenters. The number of nitrogens with one attached hydrogen (secondary N) is 1. The summed E-state index contributed by atoms with van der Waals surface area (Å²) in [5.41, 5.74) is 5.09. The monoisotopic (exact) mass is 304 g/mol. The lowest BCUT2D eigenvalue weighted by atomic mass is 9.81. The van der Waals surface area contributed by atoms with Crippen molar-refractivity contribution in [3.63, 3.8) is 0 Å². The highest BCUT2D eigenvalue weighted by atomic mass is 19.3. The van der Waals surface area contributed by atoms with Crippen molar-refractivity contribution in [1.82, 2.24) is 0 Å². The van der Waals surface area contributed by atoms with Crippen molar-refractivity contribution < 1.29 is 22.7 Å². The Bertz CT molecular complexity index is 483. The van der Waals surface area contributed by atoms with Crippen LogP contribution in [0, 0.1) is 11.2 Å². The standard InChI is InChI=1S/C14H19F3N2O2/c1-3-14(4-2,8-18)12(20)19-9-5-6-11(10(15)7-9)21-13(16)17/h5-7,13H,3-4,8,18H2,1-2H3,(H,19,20). The first kappa shape index (κ1) is 17.3. The van der Waals surface area contributed by atoms with Crippen molar-refractivity contribution in [3.8, 4) is 5.75 Å². The minimum atomic E-state index is -3.11. The van der Waals surface area contributed by atoms with Crippen LogP contribution in [0.1, 0.15) is 26.7 Å². The van der Waals surface area contributed by atoms with E-state index in [0.717, 1.165) is 12.1 Å². The maximum Gasteiger partial charge on any atom is 0.387 e. The molecular weight excluding hydrogens is 285 g/mol. The number of carbonyl (C=O) groups excluding carboxylic acids is 1. The molecule has 21 heavy (non-hydrogen) atoms. The molecule has 0 radical (unpaired) electrons. The molecule has 1 rings (SSSR count). The highest BCUT2D eigenvalue weighted by molar-refractivity contribution is 5.95. The minimum absolute atomic E-state index is 0.166. The molecule has 3 N–H and O–H groups in total. The maximum atomic E-state index is 13.6. The quantitative estimate of drug-likeness (QED) is 0.813. The van der Waals surface area contributed by atoms with Crippen LogP contribution >= 0.6 is 0 Å². The smallest absolute Gasteiger partial charge is 0.387 e. The number of ether oxygens (including phenoxy) is 1. The first-order valence-electron chi connectivity index (χ1n) is 6.64. The highest BCUT2D eigenvalue weighted by Crippen LogP contribution is 2.28. The van der Waals surface area contributed by atoms with Crippen molar-refractivity contribution in [2.75, 3.05) is 11.9 Å². The van der Waals surface area contributed by atoms with E-state index < -0.39 is 23.6 Å². The van der Waals surface area contributed by atoms with E-state index in [2.05, 4.69) is 10.1 Å². The molecule has 0 saturated carbocycles. The Balaban J connectivity index is 2.89. The Morgan fingerprint density at radius 2 is 2.00 bits per heavy atom. The number of alkyl halides is 2. The zero-order valence-corrected chi connectivity index (χ0v) is 12.0. The molecular formula is C14H19F3N2O2. The second-order valence-corrected chi connectivity index (χ2v) is 4.67. The van der Waals surface area contributed by atoms with Crippen LogP contribution in [-0.2, 0) is 4.79 Å². The molecule has 4 nitrogen and oxygen atoms in total. The first-order valence-corrected chi connectivity index (χ1v) is 6.64. The third-order valence-electron chi connectivity index (χ3n) is 3.63. The molecule has 0 aliphatic carbocycles. The van der Waals surface area contributed by atoms with Crippen LogP contribution in [-0.4, -0.2) is 19.1 Å². The van der Waals surface area contributed by atoms with Crippen molar-refractivity contribution in [3.05, 3.63) is 24.0 Å². The molecule has 0 bridgehead atoms. The zero-order valence-electron chi connectivity index (χ0n) is 12.0. The fourth-order valence-electron chi connectivity index (χ4n) is 1.99. The van der Waals surface area contributed by atoms with Gasteiger partial charge in [-0.25, -0.2) is 4.39 Å². The predicted molar refractivity (Wildman–Crippen MR) is 73.7 cm³/mol. The van der Waals surface area contributed by atoms with E-state index in [0.29, 0.717) is 12.8 Å². The van der Waals surface area contributed by atoms with Crippen LogP contribution in [0.2, 0.25) is 0 Å². The largest absolute Gasteiger partial charge is 0.432 e. The van der Waals surface area contributed by atoms with Crippen molar-refractivity contribution in [1.29, 1.82) is 0 Å². The van der Waals surface area contributed by atoms with Gasteiger partial charge < -0.3 is 15.8 Å². The third kappa shape index (κ3) is 4.10. The van der Waals surface area contributed by atoms with Gasteiger partial charge in [0.2, 0.25) is 5.91 Å². The predicted octanol–water partition coefficient (Wildman–Crippen LogP) is 3.13. The number of anilines is 1. The normalized spacial score (nSPS) is 11.6. The summed E-state index contributed by atoms with van der Waals surface area (Å²) in [4.78, 5) is 12.2. The van der Waals surface area contributed by atoms with Crippen molar-refractivity contribution in [2.24, 2.45) is 11.1 Å². The van der Waals surface area contributed by atoms with Crippen LogP contribution in [0.5, 0.6) is 5.75 Å². The molecule has 1 aromatic carbocycles. The molecule has 0 aromatic heterocycles. The van der Waals surface area contributed by atoms with Gasteiger partial charge in [-0.15, -0.1) is 0 Å². The summed E-state index contributed by atoms with van der Waals surface area (Å²) in [6, 6.07) is 3.27. The molecule has 0 spiro atoms. The van der Waals surface area contributed by atoms with Crippen LogP contribution in [0.4, 0.5) is 18.9 Å². The number of halogens is 3. The van der Waals surface area contributed by atoms with Gasteiger partial charge in [0.05, 0.1) is 5.41 Å². The van der Waals surface area contributed by atoms with Gasteiger partial charge in [-0.2, -0.15) is 8.78 Å². The van der Waals surface area contributed by atoms with Gasteiger partial charge >= 0.3 is 6.61 Å². The third-order valence-corrected chi connectivity index (χ3v) is 3.63. The number of nitrogens with two attached hydrogens (primary N) is 1. The second kappa shape index (κ2) is 7.31.